The molecule has 21 heavy (non-hydrogen) atoms. The molecule has 0 aromatic heterocycles. The fourth-order valence-corrected chi connectivity index (χ4v) is 2.67. The molecule has 2 aromatic rings. The van der Waals surface area contributed by atoms with Gasteiger partial charge in [-0.1, -0.05) is 44.5 Å². The summed E-state index contributed by atoms with van der Waals surface area (Å²) in [4.78, 5) is 0. The summed E-state index contributed by atoms with van der Waals surface area (Å²) < 4.78 is 26.1. The molecule has 0 bridgehead atoms. The summed E-state index contributed by atoms with van der Waals surface area (Å²) in [6.07, 6.45) is 3.18. The van der Waals surface area contributed by atoms with Crippen LogP contribution in [0.3, 0.4) is 0 Å². The molecule has 2 heteroatoms. The van der Waals surface area contributed by atoms with Crippen molar-refractivity contribution >= 4 is 0 Å². The minimum absolute atomic E-state index is 0.168. The topological polar surface area (TPSA) is 0 Å². The minimum atomic E-state index is -0.189. The second-order valence-corrected chi connectivity index (χ2v) is 5.84. The summed E-state index contributed by atoms with van der Waals surface area (Å²) in [5, 5.41) is 0. The molecule has 0 aliphatic heterocycles. The van der Waals surface area contributed by atoms with Crippen molar-refractivity contribution in [1.82, 2.24) is 0 Å². The monoisotopic (exact) mass is 288 g/mol. The number of rotatable bonds is 6. The number of hydrogen-bond acceptors (Lipinski definition) is 0. The zero-order chi connectivity index (χ0) is 15.2. The Balaban J connectivity index is 1.82. The van der Waals surface area contributed by atoms with Crippen LogP contribution in [0.5, 0.6) is 0 Å². The molecule has 0 aliphatic carbocycles. The average Bonchev–Trinajstić information content (AvgIpc) is 2.47. The van der Waals surface area contributed by atoms with Gasteiger partial charge in [-0.25, -0.2) is 8.78 Å². The van der Waals surface area contributed by atoms with Crippen molar-refractivity contribution in [2.24, 2.45) is 0 Å². The van der Waals surface area contributed by atoms with Crippen molar-refractivity contribution in [3.8, 4) is 0 Å². The lowest BCUT2D eigenvalue weighted by Crippen LogP contribution is -1.98. The summed E-state index contributed by atoms with van der Waals surface area (Å²) in [5.41, 5.74) is 2.24. The first-order valence-electron chi connectivity index (χ1n) is 7.57. The molecule has 0 saturated heterocycles. The van der Waals surface area contributed by atoms with Crippen LogP contribution in [0.25, 0.3) is 0 Å². The highest BCUT2D eigenvalue weighted by molar-refractivity contribution is 5.21. The molecule has 0 aliphatic rings. The van der Waals surface area contributed by atoms with Gasteiger partial charge in [-0.05, 0) is 60.1 Å². The van der Waals surface area contributed by atoms with Gasteiger partial charge in [0, 0.05) is 0 Å². The van der Waals surface area contributed by atoms with Gasteiger partial charge in [-0.3, -0.25) is 0 Å². The zero-order valence-corrected chi connectivity index (χ0v) is 12.7. The van der Waals surface area contributed by atoms with Crippen molar-refractivity contribution < 1.29 is 8.78 Å². The van der Waals surface area contributed by atoms with Gasteiger partial charge in [0.2, 0.25) is 0 Å². The van der Waals surface area contributed by atoms with E-state index in [0.29, 0.717) is 11.8 Å². The van der Waals surface area contributed by atoms with Crippen molar-refractivity contribution in [1.29, 1.82) is 0 Å². The van der Waals surface area contributed by atoms with Crippen LogP contribution in [0.15, 0.2) is 48.5 Å². The fourth-order valence-electron chi connectivity index (χ4n) is 2.67. The van der Waals surface area contributed by atoms with Gasteiger partial charge in [0.25, 0.3) is 0 Å². The Labute approximate surface area is 125 Å². The van der Waals surface area contributed by atoms with E-state index >= 15 is 0 Å². The normalized spacial score (nSPS) is 13.9. The molecule has 0 radical (unpaired) electrons. The van der Waals surface area contributed by atoms with Crippen LogP contribution >= 0.6 is 0 Å². The van der Waals surface area contributed by atoms with Crippen molar-refractivity contribution in [3.05, 3.63) is 71.3 Å². The lowest BCUT2D eigenvalue weighted by molar-refractivity contribution is 0.555. The Bertz CT molecular complexity index is 560. The van der Waals surface area contributed by atoms with E-state index in [-0.39, 0.29) is 11.6 Å². The van der Waals surface area contributed by atoms with Gasteiger partial charge in [0.1, 0.15) is 11.6 Å². The van der Waals surface area contributed by atoms with Gasteiger partial charge >= 0.3 is 0 Å². The molecule has 0 heterocycles. The molecular formula is C19H22F2. The maximum atomic E-state index is 13.2. The van der Waals surface area contributed by atoms with Gasteiger partial charge in [0.15, 0.2) is 0 Å². The number of hydrogen-bond donors (Lipinski definition) is 0. The van der Waals surface area contributed by atoms with Crippen LogP contribution in [0.1, 0.15) is 56.1 Å². The van der Waals surface area contributed by atoms with Crippen LogP contribution in [0, 0.1) is 11.6 Å². The first-order chi connectivity index (χ1) is 10.1. The maximum absolute atomic E-state index is 13.2. The van der Waals surface area contributed by atoms with Crippen LogP contribution in [-0.2, 0) is 0 Å². The van der Waals surface area contributed by atoms with E-state index < -0.39 is 0 Å². The van der Waals surface area contributed by atoms with E-state index in [1.807, 2.05) is 18.2 Å². The van der Waals surface area contributed by atoms with Gasteiger partial charge in [0.05, 0.1) is 0 Å². The van der Waals surface area contributed by atoms with E-state index in [0.717, 1.165) is 24.8 Å². The smallest absolute Gasteiger partial charge is 0.123 e. The SMILES string of the molecule is CC(CCCC(C)c1cccc(F)c1)c1ccc(F)cc1. The Morgan fingerprint density at radius 2 is 1.38 bits per heavy atom. The predicted molar refractivity (Wildman–Crippen MR) is 83.5 cm³/mol. The molecule has 2 aromatic carbocycles. The largest absolute Gasteiger partial charge is 0.207 e. The minimum Gasteiger partial charge on any atom is -0.207 e. The van der Waals surface area contributed by atoms with Crippen molar-refractivity contribution in [2.45, 2.75) is 44.9 Å². The molecule has 0 saturated carbocycles. The quantitative estimate of drug-likeness (QED) is 0.607. The highest BCUT2D eigenvalue weighted by Gasteiger charge is 2.09. The zero-order valence-electron chi connectivity index (χ0n) is 12.7. The second-order valence-electron chi connectivity index (χ2n) is 5.84. The third-order valence-electron chi connectivity index (χ3n) is 4.13. The Morgan fingerprint density at radius 3 is 2.00 bits per heavy atom. The standard InChI is InChI=1S/C19H22F2/c1-14(16-9-11-18(20)12-10-16)5-3-6-15(2)17-7-4-8-19(21)13-17/h4,7-15H,3,5-6H2,1-2H3. The summed E-state index contributed by atoms with van der Waals surface area (Å²) in [6, 6.07) is 13.6. The predicted octanol–water partition coefficient (Wildman–Crippen LogP) is 6.04. The Hall–Kier alpha value is -1.70. The van der Waals surface area contributed by atoms with Crippen molar-refractivity contribution in [3.63, 3.8) is 0 Å². The van der Waals surface area contributed by atoms with Gasteiger partial charge in [-0.2, -0.15) is 0 Å². The van der Waals surface area contributed by atoms with E-state index in [1.54, 1.807) is 12.1 Å². The highest BCUT2D eigenvalue weighted by Crippen LogP contribution is 2.26. The van der Waals surface area contributed by atoms with E-state index in [2.05, 4.69) is 13.8 Å². The van der Waals surface area contributed by atoms with Crippen LogP contribution in [0.2, 0.25) is 0 Å². The molecule has 0 N–H and O–H groups in total. The molecule has 0 fully saturated rings. The summed E-state index contributed by atoms with van der Waals surface area (Å²) >= 11 is 0. The molecule has 0 nitrogen and oxygen atoms in total. The summed E-state index contributed by atoms with van der Waals surface area (Å²) in [6.45, 7) is 4.30. The third-order valence-corrected chi connectivity index (χ3v) is 4.13. The molecule has 0 spiro atoms. The first kappa shape index (κ1) is 15.7. The van der Waals surface area contributed by atoms with Crippen LogP contribution in [-0.4, -0.2) is 0 Å². The van der Waals surface area contributed by atoms with Crippen LogP contribution < -0.4 is 0 Å². The third kappa shape index (κ3) is 4.66. The Morgan fingerprint density at radius 1 is 0.762 bits per heavy atom. The molecule has 0 amide bonds. The van der Waals surface area contributed by atoms with E-state index in [4.69, 9.17) is 0 Å². The second kappa shape index (κ2) is 7.35. The number of halogens is 2. The van der Waals surface area contributed by atoms with E-state index in [1.165, 1.54) is 23.8 Å². The molecule has 2 unspecified atom stereocenters. The fraction of sp³-hybridized carbons (Fsp3) is 0.368. The van der Waals surface area contributed by atoms with Crippen molar-refractivity contribution in [2.75, 3.05) is 0 Å². The molecular weight excluding hydrogens is 266 g/mol. The van der Waals surface area contributed by atoms with Gasteiger partial charge in [-0.15, -0.1) is 0 Å². The lowest BCUT2D eigenvalue weighted by atomic mass is 9.90. The summed E-state index contributed by atoms with van der Waals surface area (Å²) in [7, 11) is 0. The average molecular weight is 288 g/mol. The molecule has 2 atom stereocenters. The molecule has 2 rings (SSSR count). The van der Waals surface area contributed by atoms with E-state index in [9.17, 15) is 8.78 Å². The van der Waals surface area contributed by atoms with Gasteiger partial charge < -0.3 is 0 Å². The lowest BCUT2D eigenvalue weighted by Gasteiger charge is -2.15. The molecule has 112 valence electrons. The Kier molecular flexibility index (Phi) is 5.49. The number of benzene rings is 2. The first-order valence-corrected chi connectivity index (χ1v) is 7.57. The highest BCUT2D eigenvalue weighted by atomic mass is 19.1. The summed E-state index contributed by atoms with van der Waals surface area (Å²) in [5.74, 6) is 0.427. The van der Waals surface area contributed by atoms with Crippen LogP contribution in [0.4, 0.5) is 8.78 Å². The maximum Gasteiger partial charge on any atom is 0.123 e.